The Hall–Kier alpha value is -2.21. The molecule has 1 aromatic rings. The van der Waals surface area contributed by atoms with Crippen molar-refractivity contribution in [3.8, 4) is 0 Å². The van der Waals surface area contributed by atoms with Crippen LogP contribution in [-0.2, 0) is 20.7 Å². The number of Topliss-reactive ketones (excluding diaryl/α,β-unsaturated/α-hetero) is 1. The molecule has 1 atom stereocenters. The fraction of sp³-hybridized carbons (Fsp3) is 0.471. The number of hydrogen-bond acceptors (Lipinski definition) is 4. The topological polar surface area (TPSA) is 92.7 Å². The van der Waals surface area contributed by atoms with E-state index in [9.17, 15) is 14.4 Å². The molecule has 0 fully saturated rings. The fourth-order valence-electron chi connectivity index (χ4n) is 2.11. The number of carbonyl (C=O) groups excluding carboxylic acids is 2. The standard InChI is InChI=1S/C17H23NO5/c1-4-12-5-7-13(8-6-12)14(19)9-10-15(20)18-17(2,11-23-3)16(21)22/h5-8H,4,9-11H2,1-3H3,(H,18,20)(H,21,22). The smallest absolute Gasteiger partial charge is 0.331 e. The Morgan fingerprint density at radius 2 is 1.78 bits per heavy atom. The van der Waals surface area contributed by atoms with Crippen molar-refractivity contribution in [2.45, 2.75) is 38.6 Å². The fourth-order valence-corrected chi connectivity index (χ4v) is 2.11. The van der Waals surface area contributed by atoms with Gasteiger partial charge in [-0.25, -0.2) is 4.79 Å². The van der Waals surface area contributed by atoms with Crippen LogP contribution < -0.4 is 5.32 Å². The van der Waals surface area contributed by atoms with Gasteiger partial charge in [-0.2, -0.15) is 0 Å². The zero-order chi connectivity index (χ0) is 17.5. The van der Waals surface area contributed by atoms with Gasteiger partial charge in [-0.3, -0.25) is 9.59 Å². The molecule has 0 radical (unpaired) electrons. The van der Waals surface area contributed by atoms with E-state index >= 15 is 0 Å². The first-order chi connectivity index (χ1) is 10.8. The molecule has 6 nitrogen and oxygen atoms in total. The maximum absolute atomic E-state index is 12.1. The van der Waals surface area contributed by atoms with E-state index in [1.54, 1.807) is 12.1 Å². The zero-order valence-corrected chi connectivity index (χ0v) is 13.7. The summed E-state index contributed by atoms with van der Waals surface area (Å²) in [7, 11) is 1.36. The van der Waals surface area contributed by atoms with Gasteiger partial charge in [-0.05, 0) is 18.9 Å². The summed E-state index contributed by atoms with van der Waals surface area (Å²) in [5.74, 6) is -1.83. The Bertz CT molecular complexity index is 567. The summed E-state index contributed by atoms with van der Waals surface area (Å²) in [5.41, 5.74) is 0.182. The lowest BCUT2D eigenvalue weighted by Gasteiger charge is -2.25. The summed E-state index contributed by atoms with van der Waals surface area (Å²) in [6.07, 6.45) is 0.852. The molecule has 6 heteroatoms. The average Bonchev–Trinajstić information content (AvgIpc) is 2.52. The van der Waals surface area contributed by atoms with E-state index in [4.69, 9.17) is 9.84 Å². The second-order valence-corrected chi connectivity index (χ2v) is 5.59. The minimum atomic E-state index is -1.50. The van der Waals surface area contributed by atoms with Crippen molar-refractivity contribution >= 4 is 17.7 Å². The van der Waals surface area contributed by atoms with Crippen LogP contribution in [0.3, 0.4) is 0 Å². The molecule has 0 heterocycles. The van der Waals surface area contributed by atoms with Gasteiger partial charge in [0.15, 0.2) is 11.3 Å². The van der Waals surface area contributed by atoms with Crippen molar-refractivity contribution in [2.75, 3.05) is 13.7 Å². The summed E-state index contributed by atoms with van der Waals surface area (Å²) in [5, 5.41) is 11.6. The molecule has 1 unspecified atom stereocenters. The lowest BCUT2D eigenvalue weighted by molar-refractivity contribution is -0.149. The SMILES string of the molecule is CCc1ccc(C(=O)CCC(=O)NC(C)(COC)C(=O)O)cc1. The molecule has 126 valence electrons. The van der Waals surface area contributed by atoms with E-state index in [-0.39, 0.29) is 25.2 Å². The van der Waals surface area contributed by atoms with E-state index in [0.29, 0.717) is 5.56 Å². The lowest BCUT2D eigenvalue weighted by Crippen LogP contribution is -2.55. The van der Waals surface area contributed by atoms with Crippen molar-refractivity contribution < 1.29 is 24.2 Å². The summed E-state index contributed by atoms with van der Waals surface area (Å²) in [4.78, 5) is 35.1. The predicted octanol–water partition coefficient (Wildman–Crippen LogP) is 1.82. The first-order valence-corrected chi connectivity index (χ1v) is 7.48. The number of aliphatic carboxylic acids is 1. The van der Waals surface area contributed by atoms with E-state index in [1.807, 2.05) is 19.1 Å². The van der Waals surface area contributed by atoms with E-state index < -0.39 is 17.4 Å². The lowest BCUT2D eigenvalue weighted by atomic mass is 10.0. The number of ketones is 1. The molecule has 0 aromatic heterocycles. The second kappa shape index (κ2) is 8.43. The summed E-state index contributed by atoms with van der Waals surface area (Å²) < 4.78 is 4.82. The van der Waals surface area contributed by atoms with Crippen molar-refractivity contribution in [1.82, 2.24) is 5.32 Å². The summed E-state index contributed by atoms with van der Waals surface area (Å²) >= 11 is 0. The monoisotopic (exact) mass is 321 g/mol. The average molecular weight is 321 g/mol. The molecule has 0 aliphatic heterocycles. The van der Waals surface area contributed by atoms with Gasteiger partial charge < -0.3 is 15.2 Å². The van der Waals surface area contributed by atoms with Crippen molar-refractivity contribution in [2.24, 2.45) is 0 Å². The van der Waals surface area contributed by atoms with Crippen molar-refractivity contribution in [3.63, 3.8) is 0 Å². The number of aryl methyl sites for hydroxylation is 1. The molecule has 0 aliphatic rings. The highest BCUT2D eigenvalue weighted by Gasteiger charge is 2.34. The number of carbonyl (C=O) groups is 3. The van der Waals surface area contributed by atoms with E-state index in [0.717, 1.165) is 12.0 Å². The highest BCUT2D eigenvalue weighted by molar-refractivity contribution is 5.98. The van der Waals surface area contributed by atoms with Crippen molar-refractivity contribution in [3.05, 3.63) is 35.4 Å². The molecule has 0 aliphatic carbocycles. The van der Waals surface area contributed by atoms with Crippen LogP contribution in [0.25, 0.3) is 0 Å². The van der Waals surface area contributed by atoms with E-state index in [1.165, 1.54) is 14.0 Å². The van der Waals surface area contributed by atoms with Crippen LogP contribution >= 0.6 is 0 Å². The number of amides is 1. The third-order valence-electron chi connectivity index (χ3n) is 3.58. The number of hydrogen-bond donors (Lipinski definition) is 2. The highest BCUT2D eigenvalue weighted by Crippen LogP contribution is 2.10. The largest absolute Gasteiger partial charge is 0.479 e. The Morgan fingerprint density at radius 3 is 2.26 bits per heavy atom. The Balaban J connectivity index is 2.57. The number of benzene rings is 1. The van der Waals surface area contributed by atoms with Gasteiger partial charge in [0.25, 0.3) is 0 Å². The van der Waals surface area contributed by atoms with Crippen LogP contribution in [0, 0.1) is 0 Å². The van der Waals surface area contributed by atoms with E-state index in [2.05, 4.69) is 5.32 Å². The Labute approximate surface area is 135 Å². The number of nitrogens with one attached hydrogen (secondary N) is 1. The molecule has 0 bridgehead atoms. The Morgan fingerprint density at radius 1 is 1.17 bits per heavy atom. The molecular weight excluding hydrogens is 298 g/mol. The van der Waals surface area contributed by atoms with Crippen LogP contribution in [0.15, 0.2) is 24.3 Å². The van der Waals surface area contributed by atoms with Crippen LogP contribution in [0.2, 0.25) is 0 Å². The normalized spacial score (nSPS) is 13.2. The maximum atomic E-state index is 12.1. The van der Waals surface area contributed by atoms with Crippen LogP contribution in [0.4, 0.5) is 0 Å². The predicted molar refractivity (Wildman–Crippen MR) is 85.4 cm³/mol. The molecule has 0 saturated heterocycles. The van der Waals surface area contributed by atoms with Gasteiger partial charge >= 0.3 is 5.97 Å². The van der Waals surface area contributed by atoms with Crippen LogP contribution in [0.1, 0.15) is 42.6 Å². The van der Waals surface area contributed by atoms with Gasteiger partial charge in [0.2, 0.25) is 5.91 Å². The van der Waals surface area contributed by atoms with Gasteiger partial charge in [0.05, 0.1) is 6.61 Å². The molecule has 1 amide bonds. The van der Waals surface area contributed by atoms with Crippen LogP contribution in [-0.4, -0.2) is 42.0 Å². The Kier molecular flexibility index (Phi) is 6.90. The van der Waals surface area contributed by atoms with Gasteiger partial charge in [-0.1, -0.05) is 31.2 Å². The summed E-state index contributed by atoms with van der Waals surface area (Å²) in [6.45, 7) is 3.24. The minimum Gasteiger partial charge on any atom is -0.479 e. The molecular formula is C17H23NO5. The molecule has 1 aromatic carbocycles. The summed E-state index contributed by atoms with van der Waals surface area (Å²) in [6, 6.07) is 7.25. The molecule has 2 N–H and O–H groups in total. The zero-order valence-electron chi connectivity index (χ0n) is 13.7. The van der Waals surface area contributed by atoms with Crippen LogP contribution in [0.5, 0.6) is 0 Å². The number of carboxylic acids is 1. The van der Waals surface area contributed by atoms with Gasteiger partial charge in [-0.15, -0.1) is 0 Å². The number of carboxylic acid groups (broad SMARTS) is 1. The molecule has 1 rings (SSSR count). The second-order valence-electron chi connectivity index (χ2n) is 5.59. The molecule has 23 heavy (non-hydrogen) atoms. The molecule has 0 spiro atoms. The van der Waals surface area contributed by atoms with Gasteiger partial charge in [0, 0.05) is 25.5 Å². The third kappa shape index (κ3) is 5.49. The maximum Gasteiger partial charge on any atom is 0.331 e. The first kappa shape index (κ1) is 18.8. The van der Waals surface area contributed by atoms with Gasteiger partial charge in [0.1, 0.15) is 0 Å². The van der Waals surface area contributed by atoms with Crippen molar-refractivity contribution in [1.29, 1.82) is 0 Å². The number of methoxy groups -OCH3 is 1. The minimum absolute atomic E-state index is 0.0278. The first-order valence-electron chi connectivity index (χ1n) is 7.48. The third-order valence-corrected chi connectivity index (χ3v) is 3.58. The highest BCUT2D eigenvalue weighted by atomic mass is 16.5. The number of rotatable bonds is 9. The quantitative estimate of drug-likeness (QED) is 0.677. The number of ether oxygens (including phenoxy) is 1. The molecule has 0 saturated carbocycles.